The maximum absolute atomic E-state index is 12.9. The molecule has 4 heteroatoms. The van der Waals surface area contributed by atoms with E-state index in [0.29, 0.717) is 30.6 Å². The molecule has 0 spiro atoms. The van der Waals surface area contributed by atoms with Crippen LogP contribution in [-0.4, -0.2) is 34.8 Å². The van der Waals surface area contributed by atoms with E-state index in [1.54, 1.807) is 0 Å². The maximum Gasteiger partial charge on any atom is 0.248 e. The summed E-state index contributed by atoms with van der Waals surface area (Å²) in [7, 11) is 0. The number of nitrogens with zero attached hydrogens (tertiary/aromatic N) is 1. The number of carbonyl (C=O) groups is 2. The molecule has 114 valence electrons. The molecular formula is C16H28N2O2. The van der Waals surface area contributed by atoms with Gasteiger partial charge >= 0.3 is 0 Å². The van der Waals surface area contributed by atoms with Crippen LogP contribution in [-0.2, 0) is 9.59 Å². The van der Waals surface area contributed by atoms with Gasteiger partial charge in [0.05, 0.1) is 0 Å². The van der Waals surface area contributed by atoms with E-state index in [2.05, 4.69) is 19.2 Å². The SMILES string of the molecule is CCC1C(=O)NC(CC)(CC)C(=O)N1CC1CC1(C)C. The highest BCUT2D eigenvalue weighted by Gasteiger charge is 2.53. The lowest BCUT2D eigenvalue weighted by Gasteiger charge is -2.45. The van der Waals surface area contributed by atoms with Gasteiger partial charge in [-0.2, -0.15) is 0 Å². The van der Waals surface area contributed by atoms with Crippen molar-refractivity contribution in [2.45, 2.75) is 71.9 Å². The van der Waals surface area contributed by atoms with Gasteiger partial charge in [0.1, 0.15) is 11.6 Å². The minimum absolute atomic E-state index is 0.0225. The average molecular weight is 280 g/mol. The molecule has 1 heterocycles. The number of rotatable bonds is 5. The summed E-state index contributed by atoms with van der Waals surface area (Å²) in [5.41, 5.74) is -0.352. The first-order valence-electron chi connectivity index (χ1n) is 7.94. The number of nitrogens with one attached hydrogen (secondary N) is 1. The minimum Gasteiger partial charge on any atom is -0.340 e. The van der Waals surface area contributed by atoms with Crippen molar-refractivity contribution in [1.82, 2.24) is 10.2 Å². The quantitative estimate of drug-likeness (QED) is 0.840. The van der Waals surface area contributed by atoms with Crippen molar-refractivity contribution in [3.8, 4) is 0 Å². The molecule has 2 rings (SSSR count). The fourth-order valence-corrected chi connectivity index (χ4v) is 3.40. The molecule has 1 aliphatic carbocycles. The second-order valence-corrected chi connectivity index (χ2v) is 7.05. The van der Waals surface area contributed by atoms with Crippen molar-refractivity contribution >= 4 is 11.8 Å². The monoisotopic (exact) mass is 280 g/mol. The van der Waals surface area contributed by atoms with E-state index < -0.39 is 5.54 Å². The molecule has 0 bridgehead atoms. The first-order chi connectivity index (χ1) is 9.31. The summed E-state index contributed by atoms with van der Waals surface area (Å²) in [5.74, 6) is 0.684. The molecule has 2 atom stereocenters. The Bertz CT molecular complexity index is 413. The molecule has 1 N–H and O–H groups in total. The van der Waals surface area contributed by atoms with Gasteiger partial charge in [-0.25, -0.2) is 0 Å². The van der Waals surface area contributed by atoms with Crippen LogP contribution < -0.4 is 5.32 Å². The molecule has 2 fully saturated rings. The Morgan fingerprint density at radius 2 is 1.75 bits per heavy atom. The highest BCUT2D eigenvalue weighted by atomic mass is 16.2. The Labute approximate surface area is 122 Å². The first kappa shape index (κ1) is 15.3. The molecule has 20 heavy (non-hydrogen) atoms. The Hall–Kier alpha value is -1.06. The van der Waals surface area contributed by atoms with E-state index in [1.807, 2.05) is 25.7 Å². The lowest BCUT2D eigenvalue weighted by Crippen LogP contribution is -2.70. The van der Waals surface area contributed by atoms with Gasteiger partial charge in [0.25, 0.3) is 0 Å². The van der Waals surface area contributed by atoms with Gasteiger partial charge in [-0.05, 0) is 37.0 Å². The summed E-state index contributed by atoms with van der Waals surface area (Å²) in [4.78, 5) is 27.1. The topological polar surface area (TPSA) is 49.4 Å². The van der Waals surface area contributed by atoms with Crippen molar-refractivity contribution < 1.29 is 9.59 Å². The molecule has 0 aromatic heterocycles. The molecule has 1 saturated heterocycles. The van der Waals surface area contributed by atoms with Crippen LogP contribution in [0.4, 0.5) is 0 Å². The van der Waals surface area contributed by atoms with Crippen LogP contribution in [0.15, 0.2) is 0 Å². The van der Waals surface area contributed by atoms with Gasteiger partial charge in [-0.15, -0.1) is 0 Å². The third-order valence-electron chi connectivity index (χ3n) is 5.44. The minimum atomic E-state index is -0.679. The Morgan fingerprint density at radius 1 is 1.20 bits per heavy atom. The van der Waals surface area contributed by atoms with Crippen LogP contribution in [0.1, 0.15) is 60.3 Å². The first-order valence-corrected chi connectivity index (χ1v) is 7.94. The number of piperazine rings is 1. The summed E-state index contributed by atoms with van der Waals surface area (Å²) < 4.78 is 0. The van der Waals surface area contributed by atoms with Gasteiger partial charge in [0.2, 0.25) is 11.8 Å². The number of hydrogen-bond donors (Lipinski definition) is 1. The highest BCUT2D eigenvalue weighted by molar-refractivity contribution is 5.99. The van der Waals surface area contributed by atoms with Gasteiger partial charge in [0.15, 0.2) is 0 Å². The van der Waals surface area contributed by atoms with Crippen LogP contribution >= 0.6 is 0 Å². The smallest absolute Gasteiger partial charge is 0.248 e. The van der Waals surface area contributed by atoms with E-state index in [1.165, 1.54) is 0 Å². The highest BCUT2D eigenvalue weighted by Crippen LogP contribution is 2.52. The third-order valence-corrected chi connectivity index (χ3v) is 5.44. The van der Waals surface area contributed by atoms with Gasteiger partial charge in [-0.1, -0.05) is 34.6 Å². The summed E-state index contributed by atoms with van der Waals surface area (Å²) in [6.45, 7) is 11.1. The van der Waals surface area contributed by atoms with Gasteiger partial charge in [0, 0.05) is 6.54 Å². The zero-order valence-electron chi connectivity index (χ0n) is 13.5. The standard InChI is InChI=1S/C16H28N2O2/c1-6-12-13(19)17-16(7-2,8-3)14(20)18(12)10-11-9-15(11,4)5/h11-12H,6-10H2,1-5H3,(H,17,19). The summed E-state index contributed by atoms with van der Waals surface area (Å²) in [5, 5.41) is 2.99. The van der Waals surface area contributed by atoms with Crippen LogP contribution in [0, 0.1) is 11.3 Å². The Balaban J connectivity index is 2.23. The van der Waals surface area contributed by atoms with Crippen molar-refractivity contribution in [2.24, 2.45) is 11.3 Å². The molecule has 0 radical (unpaired) electrons. The fraction of sp³-hybridized carbons (Fsp3) is 0.875. The number of hydrogen-bond acceptors (Lipinski definition) is 2. The van der Waals surface area contributed by atoms with Crippen molar-refractivity contribution in [3.63, 3.8) is 0 Å². The van der Waals surface area contributed by atoms with E-state index in [0.717, 1.165) is 13.0 Å². The zero-order chi connectivity index (χ0) is 15.1. The van der Waals surface area contributed by atoms with Crippen molar-refractivity contribution in [2.75, 3.05) is 6.54 Å². The third kappa shape index (κ3) is 2.33. The van der Waals surface area contributed by atoms with Crippen LogP contribution in [0.25, 0.3) is 0 Å². The summed E-state index contributed by atoms with van der Waals surface area (Å²) >= 11 is 0. The molecule has 2 aliphatic rings. The van der Waals surface area contributed by atoms with Gasteiger partial charge in [-0.3, -0.25) is 9.59 Å². The van der Waals surface area contributed by atoms with Gasteiger partial charge < -0.3 is 10.2 Å². The lowest BCUT2D eigenvalue weighted by molar-refractivity contribution is -0.156. The lowest BCUT2D eigenvalue weighted by atomic mass is 9.86. The van der Waals surface area contributed by atoms with E-state index in [9.17, 15) is 9.59 Å². The predicted octanol–water partition coefficient (Wildman–Crippen LogP) is 2.33. The normalized spacial score (nSPS) is 31.1. The maximum atomic E-state index is 12.9. The summed E-state index contributed by atoms with van der Waals surface area (Å²) in [6.07, 6.45) is 3.17. The molecule has 0 aromatic carbocycles. The van der Waals surface area contributed by atoms with E-state index in [4.69, 9.17) is 0 Å². The van der Waals surface area contributed by atoms with Crippen LogP contribution in [0.2, 0.25) is 0 Å². The molecule has 1 saturated carbocycles. The molecule has 0 aromatic rings. The molecule has 2 unspecified atom stereocenters. The average Bonchev–Trinajstić information content (AvgIpc) is 3.01. The summed E-state index contributed by atoms with van der Waals surface area (Å²) in [6, 6.07) is -0.287. The second kappa shape index (κ2) is 5.05. The van der Waals surface area contributed by atoms with E-state index in [-0.39, 0.29) is 17.9 Å². The van der Waals surface area contributed by atoms with Crippen molar-refractivity contribution in [3.05, 3.63) is 0 Å². The molecular weight excluding hydrogens is 252 g/mol. The number of amides is 2. The Morgan fingerprint density at radius 3 is 2.15 bits per heavy atom. The number of carbonyl (C=O) groups excluding carboxylic acids is 2. The Kier molecular flexibility index (Phi) is 3.87. The molecule has 4 nitrogen and oxygen atoms in total. The van der Waals surface area contributed by atoms with Crippen molar-refractivity contribution in [1.29, 1.82) is 0 Å². The van der Waals surface area contributed by atoms with E-state index >= 15 is 0 Å². The largest absolute Gasteiger partial charge is 0.340 e. The second-order valence-electron chi connectivity index (χ2n) is 7.05. The zero-order valence-corrected chi connectivity index (χ0v) is 13.5. The van der Waals surface area contributed by atoms with Crippen LogP contribution in [0.5, 0.6) is 0 Å². The molecule has 1 aliphatic heterocycles. The molecule has 2 amide bonds. The van der Waals surface area contributed by atoms with Crippen LogP contribution in [0.3, 0.4) is 0 Å². The predicted molar refractivity (Wildman–Crippen MR) is 79.1 cm³/mol. The fourth-order valence-electron chi connectivity index (χ4n) is 3.40.